The summed E-state index contributed by atoms with van der Waals surface area (Å²) in [7, 11) is 0. The summed E-state index contributed by atoms with van der Waals surface area (Å²) < 4.78 is 8.26. The van der Waals surface area contributed by atoms with E-state index in [1.807, 2.05) is 4.57 Å². The van der Waals surface area contributed by atoms with Crippen molar-refractivity contribution in [3.05, 3.63) is 10.6 Å². The average molecular weight is 270 g/mol. The fourth-order valence-electron chi connectivity index (χ4n) is 2.86. The molecule has 2 unspecified atom stereocenters. The van der Waals surface area contributed by atoms with Crippen molar-refractivity contribution in [2.45, 2.75) is 38.1 Å². The van der Waals surface area contributed by atoms with Gasteiger partial charge in [0.25, 0.3) is 0 Å². The van der Waals surface area contributed by atoms with Gasteiger partial charge in [-0.3, -0.25) is 14.6 Å². The first-order valence-electron chi connectivity index (χ1n) is 6.38. The minimum Gasteiger partial charge on any atom is -0.388 e. The van der Waals surface area contributed by atoms with Gasteiger partial charge in [-0.2, -0.15) is 5.10 Å². The number of nitrogens with one attached hydrogen (secondary N) is 1. The molecule has 0 amide bonds. The number of fused-ring (bicyclic) bond motifs is 1. The third-order valence-corrected chi connectivity index (χ3v) is 4.14. The lowest BCUT2D eigenvalue weighted by Crippen LogP contribution is -2.47. The second-order valence-electron chi connectivity index (χ2n) is 4.96. The largest absolute Gasteiger partial charge is 0.388 e. The lowest BCUT2D eigenvalue weighted by molar-refractivity contribution is -0.0558. The maximum atomic E-state index is 9.21. The number of aromatic nitrogens is 3. The van der Waals surface area contributed by atoms with Gasteiger partial charge in [-0.05, 0) is 31.6 Å². The van der Waals surface area contributed by atoms with Crippen LogP contribution in [0.4, 0.5) is 0 Å². The maximum absolute atomic E-state index is 9.21. The minimum absolute atomic E-state index is 0.105. The van der Waals surface area contributed by atoms with Crippen LogP contribution in [0.15, 0.2) is 0 Å². The summed E-state index contributed by atoms with van der Waals surface area (Å²) in [5, 5.41) is 15.9. The molecule has 18 heavy (non-hydrogen) atoms. The Morgan fingerprint density at radius 2 is 2.44 bits per heavy atom. The van der Waals surface area contributed by atoms with E-state index in [0.29, 0.717) is 23.2 Å². The molecule has 2 aliphatic heterocycles. The normalized spacial score (nSPS) is 28.5. The molecule has 7 heteroatoms. The number of morpholine rings is 1. The van der Waals surface area contributed by atoms with E-state index in [4.69, 9.17) is 17.0 Å². The maximum Gasteiger partial charge on any atom is 0.195 e. The van der Waals surface area contributed by atoms with Gasteiger partial charge in [0.05, 0.1) is 19.3 Å². The second kappa shape index (κ2) is 5.08. The van der Waals surface area contributed by atoms with Crippen molar-refractivity contribution in [3.8, 4) is 0 Å². The molecule has 2 aliphatic rings. The van der Waals surface area contributed by atoms with E-state index < -0.39 is 0 Å². The number of aliphatic hydroxyl groups excluding tert-OH is 1. The third-order valence-electron chi connectivity index (χ3n) is 3.83. The number of aliphatic hydroxyl groups is 1. The molecule has 0 saturated carbocycles. The molecule has 0 spiro atoms. The predicted octanol–water partition coefficient (Wildman–Crippen LogP) is 0.296. The van der Waals surface area contributed by atoms with Crippen LogP contribution in [0, 0.1) is 4.77 Å². The first kappa shape index (κ1) is 12.3. The third kappa shape index (κ3) is 2.23. The van der Waals surface area contributed by atoms with Crippen LogP contribution in [0.2, 0.25) is 0 Å². The summed E-state index contributed by atoms with van der Waals surface area (Å²) >= 11 is 5.17. The van der Waals surface area contributed by atoms with E-state index in [9.17, 15) is 5.11 Å². The van der Waals surface area contributed by atoms with Gasteiger partial charge in [-0.25, -0.2) is 0 Å². The predicted molar refractivity (Wildman–Crippen MR) is 67.7 cm³/mol. The van der Waals surface area contributed by atoms with Crippen molar-refractivity contribution in [1.82, 2.24) is 19.7 Å². The minimum atomic E-state index is -0.105. The fourth-order valence-corrected chi connectivity index (χ4v) is 3.08. The lowest BCUT2D eigenvalue weighted by Gasteiger charge is -2.35. The molecule has 2 N–H and O–H groups in total. The topological polar surface area (TPSA) is 66.3 Å². The van der Waals surface area contributed by atoms with Gasteiger partial charge in [0.2, 0.25) is 0 Å². The molecular weight excluding hydrogens is 252 g/mol. The van der Waals surface area contributed by atoms with Crippen molar-refractivity contribution in [2.24, 2.45) is 0 Å². The highest BCUT2D eigenvalue weighted by atomic mass is 32.1. The molecule has 3 rings (SSSR count). The van der Waals surface area contributed by atoms with Gasteiger partial charge in [0, 0.05) is 12.6 Å². The molecule has 3 heterocycles. The Morgan fingerprint density at radius 3 is 3.28 bits per heavy atom. The smallest absolute Gasteiger partial charge is 0.195 e. The lowest BCUT2D eigenvalue weighted by atomic mass is 10.2. The number of H-pyrrole nitrogens is 1. The zero-order chi connectivity index (χ0) is 12.5. The van der Waals surface area contributed by atoms with Gasteiger partial charge in [0.15, 0.2) is 10.6 Å². The standard InChI is InChI=1S/C11H18N4O2S/c16-6-10-12-13-11(18)15(10)5-9-4-14-3-1-2-8(14)7-17-9/h8-9,16H,1-7H2,(H,13,18). The number of nitrogens with zero attached hydrogens (tertiary/aromatic N) is 3. The molecule has 0 aromatic carbocycles. The van der Waals surface area contributed by atoms with Crippen molar-refractivity contribution in [3.63, 3.8) is 0 Å². The van der Waals surface area contributed by atoms with Crippen LogP contribution >= 0.6 is 12.2 Å². The van der Waals surface area contributed by atoms with Crippen molar-refractivity contribution >= 4 is 12.2 Å². The van der Waals surface area contributed by atoms with Crippen LogP contribution in [-0.2, 0) is 17.9 Å². The number of rotatable bonds is 3. The average Bonchev–Trinajstić information content (AvgIpc) is 2.97. The zero-order valence-corrected chi connectivity index (χ0v) is 11.0. The summed E-state index contributed by atoms with van der Waals surface area (Å²) in [5.74, 6) is 0.576. The van der Waals surface area contributed by atoms with Gasteiger partial charge in [0.1, 0.15) is 6.61 Å². The molecule has 0 aliphatic carbocycles. The van der Waals surface area contributed by atoms with Gasteiger partial charge < -0.3 is 9.84 Å². The van der Waals surface area contributed by atoms with Crippen LogP contribution in [0.25, 0.3) is 0 Å². The molecular formula is C11H18N4O2S. The summed E-state index contributed by atoms with van der Waals surface area (Å²) in [6, 6.07) is 0.607. The molecule has 2 saturated heterocycles. The Hall–Kier alpha value is -0.760. The highest BCUT2D eigenvalue weighted by Gasteiger charge is 2.32. The Bertz CT molecular complexity index is 472. The zero-order valence-electron chi connectivity index (χ0n) is 10.2. The van der Waals surface area contributed by atoms with Crippen molar-refractivity contribution in [2.75, 3.05) is 19.7 Å². The number of aromatic amines is 1. The quantitative estimate of drug-likeness (QED) is 0.773. The molecule has 2 atom stereocenters. The Balaban J connectivity index is 1.69. The molecule has 100 valence electrons. The van der Waals surface area contributed by atoms with E-state index in [2.05, 4.69) is 15.1 Å². The van der Waals surface area contributed by atoms with Gasteiger partial charge >= 0.3 is 0 Å². The van der Waals surface area contributed by atoms with Crippen LogP contribution in [0.3, 0.4) is 0 Å². The Kier molecular flexibility index (Phi) is 3.47. The number of ether oxygens (including phenoxy) is 1. The summed E-state index contributed by atoms with van der Waals surface area (Å²) in [6.07, 6.45) is 2.65. The van der Waals surface area contributed by atoms with E-state index >= 15 is 0 Å². The fraction of sp³-hybridized carbons (Fsp3) is 0.818. The monoisotopic (exact) mass is 270 g/mol. The summed E-state index contributed by atoms with van der Waals surface area (Å²) in [5.41, 5.74) is 0. The van der Waals surface area contributed by atoms with E-state index in [-0.39, 0.29) is 12.7 Å². The van der Waals surface area contributed by atoms with Crippen molar-refractivity contribution in [1.29, 1.82) is 0 Å². The highest BCUT2D eigenvalue weighted by Crippen LogP contribution is 2.23. The summed E-state index contributed by atoms with van der Waals surface area (Å²) in [4.78, 5) is 2.50. The summed E-state index contributed by atoms with van der Waals surface area (Å²) in [6.45, 7) is 3.49. The van der Waals surface area contributed by atoms with E-state index in [1.54, 1.807) is 0 Å². The highest BCUT2D eigenvalue weighted by molar-refractivity contribution is 7.71. The van der Waals surface area contributed by atoms with Gasteiger partial charge in [-0.1, -0.05) is 0 Å². The molecule has 0 radical (unpaired) electrons. The Morgan fingerprint density at radius 1 is 1.56 bits per heavy atom. The number of hydrogen-bond donors (Lipinski definition) is 2. The van der Waals surface area contributed by atoms with Crippen molar-refractivity contribution < 1.29 is 9.84 Å². The first-order chi connectivity index (χ1) is 8.78. The first-order valence-corrected chi connectivity index (χ1v) is 6.79. The van der Waals surface area contributed by atoms with Crippen LogP contribution in [0.5, 0.6) is 0 Å². The van der Waals surface area contributed by atoms with Crippen LogP contribution in [-0.4, -0.2) is 56.6 Å². The second-order valence-corrected chi connectivity index (χ2v) is 5.35. The molecule has 6 nitrogen and oxygen atoms in total. The molecule has 1 aromatic heterocycles. The molecule has 2 fully saturated rings. The van der Waals surface area contributed by atoms with E-state index in [1.165, 1.54) is 19.4 Å². The SMILES string of the molecule is OCc1n[nH]c(=S)n1CC1CN2CCCC2CO1. The van der Waals surface area contributed by atoms with Crippen LogP contribution < -0.4 is 0 Å². The van der Waals surface area contributed by atoms with Gasteiger partial charge in [-0.15, -0.1) is 0 Å². The molecule has 1 aromatic rings. The van der Waals surface area contributed by atoms with E-state index in [0.717, 1.165) is 13.2 Å². The Labute approximate surface area is 111 Å². The number of hydrogen-bond acceptors (Lipinski definition) is 5. The van der Waals surface area contributed by atoms with Crippen LogP contribution in [0.1, 0.15) is 18.7 Å². The molecule has 0 bridgehead atoms.